The van der Waals surface area contributed by atoms with Crippen LogP contribution in [0.25, 0.3) is 21.9 Å². The van der Waals surface area contributed by atoms with Gasteiger partial charge in [-0.3, -0.25) is 4.79 Å². The van der Waals surface area contributed by atoms with E-state index in [0.717, 1.165) is 54.9 Å². The van der Waals surface area contributed by atoms with E-state index in [0.29, 0.717) is 31.1 Å². The van der Waals surface area contributed by atoms with Gasteiger partial charge in [0.1, 0.15) is 16.5 Å². The Labute approximate surface area is 222 Å². The van der Waals surface area contributed by atoms with Gasteiger partial charge in [-0.25, -0.2) is 9.97 Å². The average Bonchev–Trinajstić information content (AvgIpc) is 3.26. The first-order valence-corrected chi connectivity index (χ1v) is 13.4. The van der Waals surface area contributed by atoms with Gasteiger partial charge in [0.15, 0.2) is 5.65 Å². The number of amides is 1. The Hall–Kier alpha value is -3.00. The van der Waals surface area contributed by atoms with E-state index in [1.54, 1.807) is 13.2 Å². The van der Waals surface area contributed by atoms with Crippen molar-refractivity contribution >= 4 is 39.4 Å². The largest absolute Gasteiger partial charge is 0.385 e. The topological polar surface area (TPSA) is 86.3 Å². The molecule has 2 N–H and O–H groups in total. The zero-order valence-electron chi connectivity index (χ0n) is 21.3. The number of nitrogens with two attached hydrogens (primary N) is 1. The number of halogens is 1. The van der Waals surface area contributed by atoms with Gasteiger partial charge < -0.3 is 19.9 Å². The molecular weight excluding hydrogens is 486 g/mol. The van der Waals surface area contributed by atoms with Crippen LogP contribution in [0.1, 0.15) is 43.0 Å². The fraction of sp³-hybridized carbons (Fsp3) is 0.414. The molecule has 1 aliphatic rings. The van der Waals surface area contributed by atoms with Crippen LogP contribution in [0.15, 0.2) is 54.6 Å². The summed E-state index contributed by atoms with van der Waals surface area (Å²) in [6, 6.07) is 18.2. The van der Waals surface area contributed by atoms with Gasteiger partial charge >= 0.3 is 0 Å². The highest BCUT2D eigenvalue weighted by Crippen LogP contribution is 2.30. The van der Waals surface area contributed by atoms with E-state index >= 15 is 0 Å². The van der Waals surface area contributed by atoms with E-state index in [4.69, 9.17) is 27.1 Å². The highest BCUT2D eigenvalue weighted by atomic mass is 35.5. The second kappa shape index (κ2) is 11.6. The van der Waals surface area contributed by atoms with Gasteiger partial charge in [0.25, 0.3) is 0 Å². The number of fused-ring (bicyclic) bond motifs is 2. The number of likely N-dealkylation sites (tertiary alicyclic amines) is 1. The van der Waals surface area contributed by atoms with E-state index in [1.807, 2.05) is 23.1 Å². The van der Waals surface area contributed by atoms with Gasteiger partial charge in [-0.2, -0.15) is 0 Å². The van der Waals surface area contributed by atoms with Crippen LogP contribution in [-0.4, -0.2) is 58.2 Å². The van der Waals surface area contributed by atoms with Gasteiger partial charge in [-0.1, -0.05) is 54.1 Å². The Balaban J connectivity index is 1.27. The Morgan fingerprint density at radius 3 is 2.84 bits per heavy atom. The number of nitrogens with zero attached hydrogens (tertiary/aromatic N) is 4. The third-order valence-electron chi connectivity index (χ3n) is 7.21. The second-order valence-corrected chi connectivity index (χ2v) is 10.4. The molecule has 2 aromatic carbocycles. The zero-order chi connectivity index (χ0) is 25.8. The first-order chi connectivity index (χ1) is 18.0. The lowest BCUT2D eigenvalue weighted by Crippen LogP contribution is -2.42. The molecule has 1 saturated heterocycles. The predicted molar refractivity (Wildman–Crippen MR) is 148 cm³/mol. The standard InChI is InChI=1S/C29H34ClN5O2/c1-37-15-5-14-35-28(32-25-11-12-26(30)33-29(25)35)23-8-4-13-34(19-23)27(36)18-24(31)17-20-9-10-21-6-2-3-7-22(21)16-20/h2-3,6-7,9-12,16,23-24H,4-5,8,13-15,17-19,31H2,1H3/t23-,24-/m1/s1. The lowest BCUT2D eigenvalue weighted by molar-refractivity contribution is -0.132. The van der Waals surface area contributed by atoms with Gasteiger partial charge in [-0.05, 0) is 54.2 Å². The Kier molecular flexibility index (Phi) is 8.03. The van der Waals surface area contributed by atoms with Crippen molar-refractivity contribution in [3.05, 3.63) is 71.1 Å². The SMILES string of the molecule is COCCCn1c([C@@H]2CCCN(C(=O)C[C@H](N)Cc3ccc4ccccc4c3)C2)nc2ccc(Cl)nc21. The average molecular weight is 520 g/mol. The summed E-state index contributed by atoms with van der Waals surface area (Å²) < 4.78 is 7.42. The summed E-state index contributed by atoms with van der Waals surface area (Å²) >= 11 is 6.21. The van der Waals surface area contributed by atoms with E-state index in [-0.39, 0.29) is 17.9 Å². The maximum Gasteiger partial charge on any atom is 0.224 e. The van der Waals surface area contributed by atoms with Crippen molar-refractivity contribution < 1.29 is 9.53 Å². The van der Waals surface area contributed by atoms with Crippen LogP contribution < -0.4 is 5.73 Å². The molecule has 0 bridgehead atoms. The number of hydrogen-bond acceptors (Lipinski definition) is 5. The van der Waals surface area contributed by atoms with Crippen LogP contribution in [0.4, 0.5) is 0 Å². The van der Waals surface area contributed by atoms with E-state index in [1.165, 1.54) is 10.8 Å². The molecule has 5 rings (SSSR count). The molecule has 1 fully saturated rings. The minimum atomic E-state index is -0.223. The van der Waals surface area contributed by atoms with Crippen molar-refractivity contribution in [2.45, 2.75) is 50.6 Å². The molecule has 0 spiro atoms. The molecule has 0 unspecified atom stereocenters. The molecule has 7 nitrogen and oxygen atoms in total. The number of carbonyl (C=O) groups excluding carboxylic acids is 1. The van der Waals surface area contributed by atoms with Crippen LogP contribution in [0.5, 0.6) is 0 Å². The minimum absolute atomic E-state index is 0.112. The summed E-state index contributed by atoms with van der Waals surface area (Å²) in [4.78, 5) is 24.7. The lowest BCUT2D eigenvalue weighted by Gasteiger charge is -2.33. The quantitative estimate of drug-likeness (QED) is 0.250. The number of aryl methyl sites for hydroxylation is 1. The summed E-state index contributed by atoms with van der Waals surface area (Å²) in [5.74, 6) is 1.23. The third-order valence-corrected chi connectivity index (χ3v) is 7.42. The molecular formula is C29H34ClN5O2. The highest BCUT2D eigenvalue weighted by Gasteiger charge is 2.29. The number of hydrogen-bond donors (Lipinski definition) is 1. The number of piperidine rings is 1. The summed E-state index contributed by atoms with van der Waals surface area (Å²) in [6.45, 7) is 2.80. The maximum absolute atomic E-state index is 13.3. The van der Waals surface area contributed by atoms with Crippen LogP contribution in [-0.2, 0) is 22.5 Å². The number of imidazole rings is 1. The third kappa shape index (κ3) is 5.95. The predicted octanol–water partition coefficient (Wildman–Crippen LogP) is 4.94. The number of benzene rings is 2. The number of pyridine rings is 1. The fourth-order valence-electron chi connectivity index (χ4n) is 5.40. The maximum atomic E-state index is 13.3. The first-order valence-electron chi connectivity index (χ1n) is 13.0. The Morgan fingerprint density at radius 2 is 2.00 bits per heavy atom. The molecule has 2 atom stereocenters. The number of rotatable bonds is 9. The number of aromatic nitrogens is 3. The van der Waals surface area contributed by atoms with Crippen LogP contribution in [0.3, 0.4) is 0 Å². The van der Waals surface area contributed by atoms with Crippen molar-refractivity contribution in [3.63, 3.8) is 0 Å². The molecule has 4 aromatic rings. The monoisotopic (exact) mass is 519 g/mol. The fourth-order valence-corrected chi connectivity index (χ4v) is 5.55. The zero-order valence-corrected chi connectivity index (χ0v) is 22.0. The molecule has 1 aliphatic heterocycles. The normalized spacial score (nSPS) is 16.9. The van der Waals surface area contributed by atoms with Gasteiger partial charge in [-0.15, -0.1) is 0 Å². The van der Waals surface area contributed by atoms with E-state index in [2.05, 4.69) is 39.9 Å². The molecule has 2 aromatic heterocycles. The van der Waals surface area contributed by atoms with Gasteiger partial charge in [0.2, 0.25) is 5.91 Å². The van der Waals surface area contributed by atoms with Gasteiger partial charge in [0, 0.05) is 51.7 Å². The number of methoxy groups -OCH3 is 1. The lowest BCUT2D eigenvalue weighted by atomic mass is 9.95. The Bertz CT molecular complexity index is 1390. The summed E-state index contributed by atoms with van der Waals surface area (Å²) in [5, 5.41) is 2.86. The van der Waals surface area contributed by atoms with Crippen molar-refractivity contribution in [2.24, 2.45) is 5.73 Å². The van der Waals surface area contributed by atoms with Crippen molar-refractivity contribution in [2.75, 3.05) is 26.8 Å². The van der Waals surface area contributed by atoms with Crippen LogP contribution in [0.2, 0.25) is 5.15 Å². The number of ether oxygens (including phenoxy) is 1. The minimum Gasteiger partial charge on any atom is -0.385 e. The smallest absolute Gasteiger partial charge is 0.224 e. The Morgan fingerprint density at radius 1 is 1.16 bits per heavy atom. The summed E-state index contributed by atoms with van der Waals surface area (Å²) in [6.07, 6.45) is 3.78. The molecule has 37 heavy (non-hydrogen) atoms. The highest BCUT2D eigenvalue weighted by molar-refractivity contribution is 6.29. The van der Waals surface area contributed by atoms with E-state index < -0.39 is 0 Å². The van der Waals surface area contributed by atoms with Crippen LogP contribution >= 0.6 is 11.6 Å². The first kappa shape index (κ1) is 25.6. The van der Waals surface area contributed by atoms with Crippen LogP contribution in [0, 0.1) is 0 Å². The molecule has 0 aliphatic carbocycles. The second-order valence-electron chi connectivity index (χ2n) is 9.97. The van der Waals surface area contributed by atoms with E-state index in [9.17, 15) is 4.79 Å². The van der Waals surface area contributed by atoms with Crippen molar-refractivity contribution in [3.8, 4) is 0 Å². The van der Waals surface area contributed by atoms with Gasteiger partial charge in [0.05, 0.1) is 0 Å². The summed E-state index contributed by atoms with van der Waals surface area (Å²) in [5.41, 5.74) is 9.24. The van der Waals surface area contributed by atoms with Crippen molar-refractivity contribution in [1.29, 1.82) is 0 Å². The number of carbonyl (C=O) groups is 1. The van der Waals surface area contributed by atoms with Crippen molar-refractivity contribution in [1.82, 2.24) is 19.4 Å². The molecule has 3 heterocycles. The summed E-state index contributed by atoms with van der Waals surface area (Å²) in [7, 11) is 1.71. The molecule has 0 saturated carbocycles. The molecule has 1 amide bonds. The molecule has 194 valence electrons. The molecule has 0 radical (unpaired) electrons. The molecule has 8 heteroatoms.